The SMILES string of the molecule is N[C@@H](CO)C(=O)N[C@@H](CO)C(=O)N[C@@H](CO)C(=O)N[C@@H](Cc1cnc[nH]1)C(=O)N[C@@H](Cc1cnc[nH]1)C(=O)O. The van der Waals surface area contributed by atoms with Crippen molar-refractivity contribution in [1.29, 1.82) is 0 Å². The number of imidazole rings is 2. The van der Waals surface area contributed by atoms with Crippen molar-refractivity contribution in [3.8, 4) is 0 Å². The number of carboxylic acid groups (broad SMARTS) is 1. The van der Waals surface area contributed by atoms with E-state index in [1.807, 2.05) is 0 Å². The van der Waals surface area contributed by atoms with Crippen LogP contribution in [0, 0.1) is 0 Å². The first-order valence-electron chi connectivity index (χ1n) is 11.6. The summed E-state index contributed by atoms with van der Waals surface area (Å²) in [6.45, 7) is -2.55. The molecule has 2 aromatic heterocycles. The van der Waals surface area contributed by atoms with E-state index >= 15 is 0 Å². The van der Waals surface area contributed by atoms with Crippen molar-refractivity contribution in [2.24, 2.45) is 5.73 Å². The van der Waals surface area contributed by atoms with Gasteiger partial charge in [-0.05, 0) is 0 Å². The first kappa shape index (κ1) is 30.8. The number of H-pyrrole nitrogens is 2. The average Bonchev–Trinajstić information content (AvgIpc) is 3.63. The van der Waals surface area contributed by atoms with E-state index in [4.69, 9.17) is 10.8 Å². The monoisotopic (exact) mass is 553 g/mol. The van der Waals surface area contributed by atoms with Crippen LogP contribution in [-0.4, -0.2) is 120 Å². The van der Waals surface area contributed by atoms with E-state index in [0.717, 1.165) is 0 Å². The minimum absolute atomic E-state index is 0.130. The lowest BCUT2D eigenvalue weighted by Crippen LogP contribution is -2.60. The summed E-state index contributed by atoms with van der Waals surface area (Å²) in [6.07, 6.45) is 5.15. The number of carbonyl (C=O) groups excluding carboxylic acids is 4. The fourth-order valence-corrected chi connectivity index (χ4v) is 3.21. The number of nitrogens with two attached hydrogens (primary N) is 1. The van der Waals surface area contributed by atoms with E-state index in [1.54, 1.807) is 0 Å². The highest BCUT2D eigenvalue weighted by Gasteiger charge is 2.32. The average molecular weight is 554 g/mol. The normalized spacial score (nSPS) is 14.8. The second kappa shape index (κ2) is 15.1. The van der Waals surface area contributed by atoms with E-state index in [9.17, 15) is 39.3 Å². The molecule has 18 heteroatoms. The van der Waals surface area contributed by atoms with Gasteiger partial charge in [-0.3, -0.25) is 19.2 Å². The summed E-state index contributed by atoms with van der Waals surface area (Å²) in [6, 6.07) is -7.32. The molecule has 2 heterocycles. The third-order valence-corrected chi connectivity index (χ3v) is 5.37. The fraction of sp³-hybridized carbons (Fsp3) is 0.476. The number of aromatic nitrogens is 4. The Morgan fingerprint density at radius 3 is 1.51 bits per heavy atom. The maximum absolute atomic E-state index is 13.0. The summed E-state index contributed by atoms with van der Waals surface area (Å²) in [5.41, 5.74) is 6.20. The van der Waals surface area contributed by atoms with Crippen molar-refractivity contribution in [1.82, 2.24) is 41.2 Å². The Morgan fingerprint density at radius 1 is 0.692 bits per heavy atom. The van der Waals surface area contributed by atoms with Crippen LogP contribution in [0.2, 0.25) is 0 Å². The van der Waals surface area contributed by atoms with Gasteiger partial charge in [0.25, 0.3) is 0 Å². The first-order chi connectivity index (χ1) is 18.6. The predicted molar refractivity (Wildman–Crippen MR) is 129 cm³/mol. The van der Waals surface area contributed by atoms with E-state index in [0.29, 0.717) is 11.4 Å². The summed E-state index contributed by atoms with van der Waals surface area (Å²) < 4.78 is 0. The van der Waals surface area contributed by atoms with Gasteiger partial charge in [-0.2, -0.15) is 0 Å². The lowest BCUT2D eigenvalue weighted by molar-refractivity contribution is -0.142. The second-order valence-corrected chi connectivity index (χ2v) is 8.30. The second-order valence-electron chi connectivity index (χ2n) is 8.30. The lowest BCUT2D eigenvalue weighted by Gasteiger charge is -2.25. The third-order valence-electron chi connectivity index (χ3n) is 5.37. The maximum Gasteiger partial charge on any atom is 0.326 e. The van der Waals surface area contributed by atoms with Crippen molar-refractivity contribution < 1.29 is 44.4 Å². The van der Waals surface area contributed by atoms with Crippen molar-refractivity contribution in [2.75, 3.05) is 19.8 Å². The van der Waals surface area contributed by atoms with Crippen molar-refractivity contribution >= 4 is 29.6 Å². The Bertz CT molecular complexity index is 1090. The van der Waals surface area contributed by atoms with Gasteiger partial charge in [0.05, 0.1) is 32.5 Å². The highest BCUT2D eigenvalue weighted by atomic mass is 16.4. The summed E-state index contributed by atoms with van der Waals surface area (Å²) in [5, 5.41) is 46.5. The number of carbonyl (C=O) groups is 5. The molecule has 0 radical (unpaired) electrons. The zero-order chi connectivity index (χ0) is 28.9. The van der Waals surface area contributed by atoms with Crippen LogP contribution in [-0.2, 0) is 36.8 Å². The van der Waals surface area contributed by atoms with Crippen molar-refractivity contribution in [3.63, 3.8) is 0 Å². The zero-order valence-corrected chi connectivity index (χ0v) is 20.5. The van der Waals surface area contributed by atoms with Crippen LogP contribution >= 0.6 is 0 Å². The van der Waals surface area contributed by atoms with Crippen molar-refractivity contribution in [3.05, 3.63) is 36.4 Å². The maximum atomic E-state index is 13.0. The molecule has 0 unspecified atom stereocenters. The van der Waals surface area contributed by atoms with Gasteiger partial charge in [0.15, 0.2) is 0 Å². The third kappa shape index (κ3) is 9.45. The molecular formula is C21H31N9O9. The molecule has 0 aliphatic rings. The number of nitrogens with one attached hydrogen (secondary N) is 6. The molecule has 0 aliphatic carbocycles. The van der Waals surface area contributed by atoms with Crippen LogP contribution in [0.3, 0.4) is 0 Å². The van der Waals surface area contributed by atoms with Gasteiger partial charge >= 0.3 is 5.97 Å². The number of aliphatic hydroxyl groups excluding tert-OH is 3. The smallest absolute Gasteiger partial charge is 0.326 e. The van der Waals surface area contributed by atoms with Crippen molar-refractivity contribution in [2.45, 2.75) is 43.1 Å². The van der Waals surface area contributed by atoms with Gasteiger partial charge in [0, 0.05) is 36.6 Å². The molecule has 0 bridgehead atoms. The van der Waals surface area contributed by atoms with E-state index in [-0.39, 0.29) is 12.8 Å². The molecule has 5 atom stereocenters. The van der Waals surface area contributed by atoms with E-state index < -0.39 is 79.6 Å². The predicted octanol–water partition coefficient (Wildman–Crippen LogP) is -5.75. The number of hydrogen-bond acceptors (Lipinski definition) is 11. The molecule has 4 amide bonds. The Hall–Kier alpha value is -4.39. The van der Waals surface area contributed by atoms with Gasteiger partial charge in [0.2, 0.25) is 23.6 Å². The Kier molecular flexibility index (Phi) is 12.0. The molecular weight excluding hydrogens is 522 g/mol. The molecule has 12 N–H and O–H groups in total. The van der Waals surface area contributed by atoms with Crippen LogP contribution < -0.4 is 27.0 Å². The van der Waals surface area contributed by atoms with E-state index in [2.05, 4.69) is 41.2 Å². The number of nitrogens with zero attached hydrogens (tertiary/aromatic N) is 2. The molecule has 0 spiro atoms. The highest BCUT2D eigenvalue weighted by molar-refractivity contribution is 5.95. The molecule has 0 saturated heterocycles. The summed E-state index contributed by atoms with van der Waals surface area (Å²) >= 11 is 0. The van der Waals surface area contributed by atoms with Gasteiger partial charge in [-0.15, -0.1) is 0 Å². The number of aliphatic hydroxyl groups is 3. The number of aromatic amines is 2. The van der Waals surface area contributed by atoms with Crippen LogP contribution in [0.25, 0.3) is 0 Å². The van der Waals surface area contributed by atoms with Crippen LogP contribution in [0.1, 0.15) is 11.4 Å². The largest absolute Gasteiger partial charge is 0.480 e. The minimum atomic E-state index is -1.63. The minimum Gasteiger partial charge on any atom is -0.480 e. The molecule has 214 valence electrons. The Morgan fingerprint density at radius 2 is 1.10 bits per heavy atom. The van der Waals surface area contributed by atoms with Crippen LogP contribution in [0.4, 0.5) is 0 Å². The topological polar surface area (TPSA) is 298 Å². The fourth-order valence-electron chi connectivity index (χ4n) is 3.21. The van der Waals surface area contributed by atoms with E-state index in [1.165, 1.54) is 25.0 Å². The van der Waals surface area contributed by atoms with Gasteiger partial charge in [-0.1, -0.05) is 0 Å². The molecule has 2 aromatic rings. The van der Waals surface area contributed by atoms with Gasteiger partial charge in [-0.25, -0.2) is 14.8 Å². The highest BCUT2D eigenvalue weighted by Crippen LogP contribution is 2.04. The molecule has 0 saturated carbocycles. The first-order valence-corrected chi connectivity index (χ1v) is 11.6. The van der Waals surface area contributed by atoms with Gasteiger partial charge in [0.1, 0.15) is 30.2 Å². The molecule has 0 aromatic carbocycles. The number of carboxylic acids is 1. The molecule has 0 fully saturated rings. The Labute approximate surface area is 220 Å². The molecule has 18 nitrogen and oxygen atoms in total. The standard InChI is InChI=1S/C21H31N9O9/c22-12(5-31)17(34)29-15(6-32)20(37)30-16(7-33)19(36)27-13(1-10-3-23-8-25-10)18(35)28-14(21(38)39)2-11-4-24-9-26-11/h3-4,8-9,12-16,31-33H,1-2,5-7,22H2,(H,23,25)(H,24,26)(H,27,36)(H,28,35)(H,29,34)(H,30,37)(H,38,39)/t12-,13-,14-,15-,16-/m0/s1. The zero-order valence-electron chi connectivity index (χ0n) is 20.5. The molecule has 0 aliphatic heterocycles. The quantitative estimate of drug-likeness (QED) is 0.0926. The van der Waals surface area contributed by atoms with Gasteiger partial charge < -0.3 is 57.4 Å². The summed E-state index contributed by atoms with van der Waals surface area (Å²) in [4.78, 5) is 75.1. The molecule has 2 rings (SSSR count). The number of amides is 4. The number of hydrogen-bond donors (Lipinski definition) is 11. The number of aliphatic carboxylic acids is 1. The van der Waals surface area contributed by atoms with Crippen LogP contribution in [0.15, 0.2) is 25.0 Å². The molecule has 39 heavy (non-hydrogen) atoms. The number of rotatable bonds is 16. The summed E-state index contributed by atoms with van der Waals surface area (Å²) in [5.74, 6) is -5.27. The lowest BCUT2D eigenvalue weighted by atomic mass is 10.1. The summed E-state index contributed by atoms with van der Waals surface area (Å²) in [7, 11) is 0. The van der Waals surface area contributed by atoms with Crippen LogP contribution in [0.5, 0.6) is 0 Å². The Balaban J connectivity index is 2.12.